The van der Waals surface area contributed by atoms with Gasteiger partial charge in [0.1, 0.15) is 0 Å². The largest absolute Gasteiger partial charge is 0.376 e. The fraction of sp³-hybridized carbons (Fsp3) is 0.133. The van der Waals surface area contributed by atoms with E-state index in [1.54, 1.807) is 36.4 Å². The first-order valence-electron chi connectivity index (χ1n) is 6.29. The third-order valence-electron chi connectivity index (χ3n) is 3.44. The molecule has 0 aliphatic carbocycles. The van der Waals surface area contributed by atoms with Gasteiger partial charge in [-0.2, -0.15) is 5.26 Å². The van der Waals surface area contributed by atoms with Crippen LogP contribution in [0.25, 0.3) is 0 Å². The predicted octanol–water partition coefficient (Wildman–Crippen LogP) is 3.15. The van der Waals surface area contributed by atoms with Gasteiger partial charge in [0.2, 0.25) is 0 Å². The van der Waals surface area contributed by atoms with Gasteiger partial charge in [-0.25, -0.2) is 8.42 Å². The summed E-state index contributed by atoms with van der Waals surface area (Å²) in [7, 11) is -3.26. The zero-order chi connectivity index (χ0) is 15.0. The quantitative estimate of drug-likeness (QED) is 0.923. The van der Waals surface area contributed by atoms with Crippen LogP contribution >= 0.6 is 11.6 Å². The Morgan fingerprint density at radius 2 is 2.00 bits per heavy atom. The molecule has 1 heterocycles. The topological polar surface area (TPSA) is 70.0 Å². The Morgan fingerprint density at radius 1 is 1.24 bits per heavy atom. The normalized spacial score (nSPS) is 18.8. The minimum Gasteiger partial charge on any atom is -0.376 e. The van der Waals surface area contributed by atoms with E-state index >= 15 is 0 Å². The highest BCUT2D eigenvalue weighted by Crippen LogP contribution is 2.36. The Morgan fingerprint density at radius 3 is 2.71 bits per heavy atom. The van der Waals surface area contributed by atoms with Crippen molar-refractivity contribution in [2.75, 3.05) is 11.1 Å². The maximum Gasteiger partial charge on any atom is 0.181 e. The predicted molar refractivity (Wildman–Crippen MR) is 81.0 cm³/mol. The van der Waals surface area contributed by atoms with E-state index in [2.05, 4.69) is 5.32 Å². The molecule has 0 amide bonds. The van der Waals surface area contributed by atoms with Gasteiger partial charge in [0.15, 0.2) is 9.84 Å². The van der Waals surface area contributed by atoms with Crippen molar-refractivity contribution in [3.8, 4) is 6.07 Å². The summed E-state index contributed by atoms with van der Waals surface area (Å²) >= 11 is 6.12. The van der Waals surface area contributed by atoms with Crippen molar-refractivity contribution in [2.45, 2.75) is 10.9 Å². The van der Waals surface area contributed by atoms with Gasteiger partial charge in [-0.05, 0) is 29.8 Å². The number of sulfone groups is 1. The standard InChI is InChI=1S/C15H11ClN2O2S/c16-12-7-10(8-17)5-6-13(12)18-14-9-21(19,20)15-4-2-1-3-11(14)15/h1-7,14,18H,9H2. The molecule has 1 atom stereocenters. The summed E-state index contributed by atoms with van der Waals surface area (Å²) in [5.74, 6) is 0.00266. The van der Waals surface area contributed by atoms with Gasteiger partial charge in [0, 0.05) is 0 Å². The van der Waals surface area contributed by atoms with Crippen LogP contribution in [0.1, 0.15) is 17.2 Å². The lowest BCUT2D eigenvalue weighted by Crippen LogP contribution is -2.13. The lowest BCUT2D eigenvalue weighted by atomic mass is 10.1. The van der Waals surface area contributed by atoms with E-state index in [-0.39, 0.29) is 11.8 Å². The molecule has 1 unspecified atom stereocenters. The lowest BCUT2D eigenvalue weighted by molar-refractivity contribution is 0.598. The van der Waals surface area contributed by atoms with Crippen LogP contribution in [0, 0.1) is 11.3 Å². The third-order valence-corrected chi connectivity index (χ3v) is 5.57. The van der Waals surface area contributed by atoms with E-state index in [1.807, 2.05) is 12.1 Å². The molecular formula is C15H11ClN2O2S. The number of fused-ring (bicyclic) bond motifs is 1. The molecule has 0 spiro atoms. The average molecular weight is 319 g/mol. The highest BCUT2D eigenvalue weighted by molar-refractivity contribution is 7.91. The molecule has 2 aromatic rings. The third kappa shape index (κ3) is 2.48. The van der Waals surface area contributed by atoms with E-state index in [0.717, 1.165) is 5.56 Å². The van der Waals surface area contributed by atoms with Crippen molar-refractivity contribution in [3.63, 3.8) is 0 Å². The summed E-state index contributed by atoms with van der Waals surface area (Å²) in [4.78, 5) is 0.368. The maximum atomic E-state index is 12.1. The first-order chi connectivity index (χ1) is 10.0. The number of nitrogens with zero attached hydrogens (tertiary/aromatic N) is 1. The van der Waals surface area contributed by atoms with Gasteiger partial charge >= 0.3 is 0 Å². The molecule has 3 rings (SSSR count). The highest BCUT2D eigenvalue weighted by atomic mass is 35.5. The molecule has 0 fully saturated rings. The van der Waals surface area contributed by atoms with Crippen molar-refractivity contribution in [2.24, 2.45) is 0 Å². The molecule has 21 heavy (non-hydrogen) atoms. The average Bonchev–Trinajstić information content (AvgIpc) is 2.73. The van der Waals surface area contributed by atoms with Crippen molar-refractivity contribution in [1.29, 1.82) is 5.26 Å². The van der Waals surface area contributed by atoms with Crippen molar-refractivity contribution in [1.82, 2.24) is 0 Å². The summed E-state index contributed by atoms with van der Waals surface area (Å²) in [6.45, 7) is 0. The van der Waals surface area contributed by atoms with Gasteiger partial charge in [-0.1, -0.05) is 29.8 Å². The van der Waals surface area contributed by atoms with Gasteiger partial charge in [-0.3, -0.25) is 0 Å². The fourth-order valence-electron chi connectivity index (χ4n) is 2.46. The Hall–Kier alpha value is -2.03. The van der Waals surface area contributed by atoms with E-state index < -0.39 is 9.84 Å². The molecule has 2 aromatic carbocycles. The van der Waals surface area contributed by atoms with Crippen LogP contribution in [0.2, 0.25) is 5.02 Å². The molecule has 0 aromatic heterocycles. The van der Waals surface area contributed by atoms with Gasteiger partial charge in [-0.15, -0.1) is 0 Å². The second kappa shape index (κ2) is 5.06. The Kier molecular flexibility index (Phi) is 3.36. The summed E-state index contributed by atoms with van der Waals surface area (Å²) in [5.41, 5.74) is 1.83. The Labute approximate surface area is 127 Å². The fourth-order valence-corrected chi connectivity index (χ4v) is 4.43. The summed E-state index contributed by atoms with van der Waals surface area (Å²) < 4.78 is 24.2. The monoisotopic (exact) mass is 318 g/mol. The number of nitrogens with one attached hydrogen (secondary N) is 1. The van der Waals surface area contributed by atoms with Crippen LogP contribution in [0.5, 0.6) is 0 Å². The van der Waals surface area contributed by atoms with Crippen molar-refractivity contribution in [3.05, 3.63) is 58.6 Å². The van der Waals surface area contributed by atoms with E-state index in [4.69, 9.17) is 16.9 Å². The van der Waals surface area contributed by atoms with Crippen LogP contribution in [0.15, 0.2) is 47.4 Å². The number of hydrogen-bond donors (Lipinski definition) is 1. The number of rotatable bonds is 2. The molecule has 0 bridgehead atoms. The second-order valence-electron chi connectivity index (χ2n) is 4.82. The molecule has 6 heteroatoms. The number of anilines is 1. The first kappa shape index (κ1) is 13.9. The van der Waals surface area contributed by atoms with E-state index in [9.17, 15) is 8.42 Å². The molecule has 1 aliphatic heterocycles. The maximum absolute atomic E-state index is 12.1. The summed E-state index contributed by atoms with van der Waals surface area (Å²) in [5, 5.41) is 12.4. The number of benzene rings is 2. The number of hydrogen-bond acceptors (Lipinski definition) is 4. The number of halogens is 1. The van der Waals surface area contributed by atoms with Crippen LogP contribution in [-0.4, -0.2) is 14.2 Å². The van der Waals surface area contributed by atoms with Crippen molar-refractivity contribution < 1.29 is 8.42 Å². The van der Waals surface area contributed by atoms with Gasteiger partial charge < -0.3 is 5.32 Å². The Bertz CT molecular complexity index is 856. The molecule has 0 saturated carbocycles. The highest BCUT2D eigenvalue weighted by Gasteiger charge is 2.34. The zero-order valence-corrected chi connectivity index (χ0v) is 12.4. The zero-order valence-electron chi connectivity index (χ0n) is 10.9. The first-order valence-corrected chi connectivity index (χ1v) is 8.32. The molecular weight excluding hydrogens is 308 g/mol. The van der Waals surface area contributed by atoms with Crippen LogP contribution < -0.4 is 5.32 Å². The second-order valence-corrected chi connectivity index (χ2v) is 7.23. The molecule has 0 saturated heterocycles. The molecule has 1 N–H and O–H groups in total. The van der Waals surface area contributed by atoms with Gasteiger partial charge in [0.25, 0.3) is 0 Å². The molecule has 0 radical (unpaired) electrons. The minimum atomic E-state index is -3.26. The summed E-state index contributed by atoms with van der Waals surface area (Å²) in [6.07, 6.45) is 0. The van der Waals surface area contributed by atoms with Gasteiger partial charge in [0.05, 0.1) is 39.0 Å². The minimum absolute atomic E-state index is 0.00266. The molecule has 4 nitrogen and oxygen atoms in total. The molecule has 106 valence electrons. The van der Waals surface area contributed by atoms with Crippen LogP contribution in [0.3, 0.4) is 0 Å². The smallest absolute Gasteiger partial charge is 0.181 e. The molecule has 1 aliphatic rings. The SMILES string of the molecule is N#Cc1ccc(NC2CS(=O)(=O)c3ccccc32)c(Cl)c1. The van der Waals surface area contributed by atoms with Crippen LogP contribution in [0.4, 0.5) is 5.69 Å². The lowest BCUT2D eigenvalue weighted by Gasteiger charge is -2.15. The van der Waals surface area contributed by atoms with Crippen LogP contribution in [-0.2, 0) is 9.84 Å². The summed E-state index contributed by atoms with van der Waals surface area (Å²) in [6, 6.07) is 13.5. The van der Waals surface area contributed by atoms with E-state index in [1.165, 1.54) is 0 Å². The van der Waals surface area contributed by atoms with E-state index in [0.29, 0.717) is 21.2 Å². The number of nitriles is 1. The Balaban J connectivity index is 1.96. The van der Waals surface area contributed by atoms with Crippen molar-refractivity contribution >= 4 is 27.1 Å².